The van der Waals surface area contributed by atoms with Crippen molar-refractivity contribution in [2.45, 2.75) is 51.0 Å². The van der Waals surface area contributed by atoms with E-state index in [4.69, 9.17) is 9.47 Å². The number of hydrogen-bond acceptors (Lipinski definition) is 6. The first kappa shape index (κ1) is 18.4. The van der Waals surface area contributed by atoms with E-state index in [0.29, 0.717) is 18.5 Å². The predicted octanol–water partition coefficient (Wildman–Crippen LogP) is 0.339. The van der Waals surface area contributed by atoms with Gasteiger partial charge in [-0.15, -0.1) is 0 Å². The second-order valence-corrected chi connectivity index (χ2v) is 6.87. The summed E-state index contributed by atoms with van der Waals surface area (Å²) in [6.45, 7) is 5.61. The third-order valence-electron chi connectivity index (χ3n) is 5.27. The highest BCUT2D eigenvalue weighted by molar-refractivity contribution is 5.80. The molecule has 2 heterocycles. The van der Waals surface area contributed by atoms with E-state index in [1.807, 2.05) is 0 Å². The summed E-state index contributed by atoms with van der Waals surface area (Å²) in [6, 6.07) is -0.560. The molecule has 7 nitrogen and oxygen atoms in total. The van der Waals surface area contributed by atoms with Crippen molar-refractivity contribution in [3.8, 4) is 0 Å². The van der Waals surface area contributed by atoms with E-state index < -0.39 is 40.4 Å². The summed E-state index contributed by atoms with van der Waals surface area (Å²) in [5, 5.41) is 33.2. The largest absolute Gasteiger partial charge is 0.632 e. The van der Waals surface area contributed by atoms with Crippen molar-refractivity contribution in [1.82, 2.24) is 0 Å². The minimum Gasteiger partial charge on any atom is -0.632 e. The maximum Gasteiger partial charge on any atom is 0.341 e. The van der Waals surface area contributed by atoms with Gasteiger partial charge in [0, 0.05) is 19.1 Å². The molecule has 0 amide bonds. The van der Waals surface area contributed by atoms with E-state index >= 15 is 0 Å². The number of ether oxygens (including phenoxy) is 2. The fourth-order valence-corrected chi connectivity index (χ4v) is 3.57. The van der Waals surface area contributed by atoms with Gasteiger partial charge in [0.15, 0.2) is 5.60 Å². The van der Waals surface area contributed by atoms with Crippen molar-refractivity contribution in [3.63, 3.8) is 0 Å². The third kappa shape index (κ3) is 3.04. The van der Waals surface area contributed by atoms with Crippen LogP contribution in [0.15, 0.2) is 11.6 Å². The zero-order valence-corrected chi connectivity index (χ0v) is 14.2. The number of aliphatic hydroxyl groups is 2. The van der Waals surface area contributed by atoms with E-state index in [0.717, 1.165) is 0 Å². The van der Waals surface area contributed by atoms with E-state index in [1.54, 1.807) is 26.8 Å². The Labute approximate surface area is 136 Å². The zero-order valence-electron chi connectivity index (χ0n) is 14.2. The maximum atomic E-state index is 12.5. The average molecular weight is 329 g/mol. The molecule has 0 bridgehead atoms. The maximum absolute atomic E-state index is 12.5. The smallest absolute Gasteiger partial charge is 0.341 e. The lowest BCUT2D eigenvalue weighted by Crippen LogP contribution is -2.54. The molecule has 1 saturated heterocycles. The molecule has 0 radical (unpaired) electrons. The second-order valence-electron chi connectivity index (χ2n) is 6.87. The molecule has 2 aliphatic heterocycles. The molecule has 0 spiro atoms. The first-order valence-electron chi connectivity index (χ1n) is 8.04. The Balaban J connectivity index is 2.04. The van der Waals surface area contributed by atoms with Crippen LogP contribution in [0.2, 0.25) is 0 Å². The fourth-order valence-electron chi connectivity index (χ4n) is 3.57. The van der Waals surface area contributed by atoms with Gasteiger partial charge < -0.3 is 29.5 Å². The molecule has 2 N–H and O–H groups in total. The summed E-state index contributed by atoms with van der Waals surface area (Å²) in [5.41, 5.74) is -1.12. The molecule has 0 saturated carbocycles. The molecule has 132 valence electrons. The third-order valence-corrected chi connectivity index (χ3v) is 5.27. The highest BCUT2D eigenvalue weighted by atomic mass is 16.6. The number of rotatable bonds is 6. The first-order valence-corrected chi connectivity index (χ1v) is 8.04. The lowest BCUT2D eigenvalue weighted by Gasteiger charge is -2.40. The number of esters is 1. The minimum absolute atomic E-state index is 0.0890. The summed E-state index contributed by atoms with van der Waals surface area (Å²) in [4.78, 5) is 12.4. The Morgan fingerprint density at radius 1 is 1.52 bits per heavy atom. The molecule has 2 aliphatic rings. The number of hydroxylamine groups is 3. The normalized spacial score (nSPS) is 34.0. The van der Waals surface area contributed by atoms with Crippen LogP contribution in [-0.4, -0.2) is 71.5 Å². The van der Waals surface area contributed by atoms with Gasteiger partial charge in [-0.3, -0.25) is 0 Å². The number of quaternary nitrogens is 1. The van der Waals surface area contributed by atoms with Gasteiger partial charge in [0.2, 0.25) is 0 Å². The molecule has 0 aliphatic carbocycles. The van der Waals surface area contributed by atoms with Crippen LogP contribution in [0.3, 0.4) is 0 Å². The van der Waals surface area contributed by atoms with Crippen LogP contribution in [0.1, 0.15) is 27.2 Å². The summed E-state index contributed by atoms with van der Waals surface area (Å²) >= 11 is 0. The van der Waals surface area contributed by atoms with Gasteiger partial charge in [-0.1, -0.05) is 13.8 Å². The molecule has 5 unspecified atom stereocenters. The van der Waals surface area contributed by atoms with Crippen LogP contribution < -0.4 is 0 Å². The average Bonchev–Trinajstić information content (AvgIpc) is 2.99. The first-order chi connectivity index (χ1) is 10.7. The van der Waals surface area contributed by atoms with E-state index in [-0.39, 0.29) is 13.2 Å². The summed E-state index contributed by atoms with van der Waals surface area (Å²) < 4.78 is 9.92. The Bertz CT molecular complexity index is 493. The molecule has 0 aromatic carbocycles. The van der Waals surface area contributed by atoms with Crippen molar-refractivity contribution in [1.29, 1.82) is 0 Å². The SMILES string of the molecule is COC(C)C(O)(C(=O)OCC1=CC[N+]2([O-])CCC(O)C12)C(C)C. The lowest BCUT2D eigenvalue weighted by atomic mass is 9.85. The van der Waals surface area contributed by atoms with Crippen molar-refractivity contribution < 1.29 is 29.1 Å². The number of carbonyl (C=O) groups excluding carboxylic acids is 1. The quantitative estimate of drug-likeness (QED) is 0.315. The topological polar surface area (TPSA) is 99.1 Å². The molecule has 23 heavy (non-hydrogen) atoms. The van der Waals surface area contributed by atoms with Gasteiger partial charge in [0.05, 0.1) is 19.2 Å². The monoisotopic (exact) mass is 329 g/mol. The number of methoxy groups -OCH3 is 1. The van der Waals surface area contributed by atoms with Crippen LogP contribution in [0, 0.1) is 11.1 Å². The summed E-state index contributed by atoms with van der Waals surface area (Å²) in [5.74, 6) is -1.17. The standard InChI is InChI=1S/C16H27NO6/c1-10(2)16(20,11(3)22-4)15(19)23-9-12-5-7-17(21)8-6-13(18)14(12)17/h5,10-11,13-14,18,20H,6-9H2,1-4H3. The Morgan fingerprint density at radius 3 is 2.74 bits per heavy atom. The molecule has 0 aromatic heterocycles. The van der Waals surface area contributed by atoms with Gasteiger partial charge >= 0.3 is 5.97 Å². The molecule has 5 atom stereocenters. The zero-order chi connectivity index (χ0) is 17.4. The number of carbonyl (C=O) groups is 1. The number of hydrogen-bond donors (Lipinski definition) is 2. The van der Waals surface area contributed by atoms with Crippen molar-refractivity contribution in [2.24, 2.45) is 5.92 Å². The van der Waals surface area contributed by atoms with Gasteiger partial charge in [-0.2, -0.15) is 0 Å². The Hall–Kier alpha value is -0.990. The number of nitrogens with zero attached hydrogens (tertiary/aromatic N) is 1. The summed E-state index contributed by atoms with van der Waals surface area (Å²) in [7, 11) is 1.42. The van der Waals surface area contributed by atoms with Crippen molar-refractivity contribution >= 4 is 5.97 Å². The Morgan fingerprint density at radius 2 is 2.17 bits per heavy atom. The highest BCUT2D eigenvalue weighted by Gasteiger charge is 2.49. The van der Waals surface area contributed by atoms with Crippen LogP contribution in [0.25, 0.3) is 0 Å². The van der Waals surface area contributed by atoms with Gasteiger partial charge in [-0.05, 0) is 18.9 Å². The van der Waals surface area contributed by atoms with Gasteiger partial charge in [0.1, 0.15) is 18.8 Å². The molecular formula is C16H27NO6. The molecule has 0 aromatic rings. The molecular weight excluding hydrogens is 302 g/mol. The molecule has 7 heteroatoms. The lowest BCUT2D eigenvalue weighted by molar-refractivity contribution is -0.877. The van der Waals surface area contributed by atoms with Gasteiger partial charge in [-0.25, -0.2) is 4.79 Å². The predicted molar refractivity (Wildman–Crippen MR) is 83.1 cm³/mol. The van der Waals surface area contributed by atoms with Crippen LogP contribution in [0.5, 0.6) is 0 Å². The minimum atomic E-state index is -1.76. The van der Waals surface area contributed by atoms with Crippen molar-refractivity contribution in [2.75, 3.05) is 26.8 Å². The van der Waals surface area contributed by atoms with E-state index in [1.165, 1.54) is 7.11 Å². The fraction of sp³-hybridized carbons (Fsp3) is 0.812. The second kappa shape index (κ2) is 6.49. The number of fused-ring (bicyclic) bond motifs is 1. The van der Waals surface area contributed by atoms with E-state index in [9.17, 15) is 20.2 Å². The van der Waals surface area contributed by atoms with Crippen molar-refractivity contribution in [3.05, 3.63) is 16.9 Å². The van der Waals surface area contributed by atoms with E-state index in [2.05, 4.69) is 0 Å². The molecule has 2 rings (SSSR count). The Kier molecular flexibility index (Phi) is 5.18. The summed E-state index contributed by atoms with van der Waals surface area (Å²) in [6.07, 6.45) is 0.762. The van der Waals surface area contributed by atoms with Gasteiger partial charge in [0.25, 0.3) is 0 Å². The van der Waals surface area contributed by atoms with Crippen LogP contribution >= 0.6 is 0 Å². The highest BCUT2D eigenvalue weighted by Crippen LogP contribution is 2.36. The van der Waals surface area contributed by atoms with Crippen LogP contribution in [0.4, 0.5) is 0 Å². The van der Waals surface area contributed by atoms with Crippen LogP contribution in [-0.2, 0) is 14.3 Å². The molecule has 1 fully saturated rings. The number of aliphatic hydroxyl groups excluding tert-OH is 1.